The number of pyridine rings is 1. The number of hydrogen-bond acceptors (Lipinski definition) is 6. The molecule has 32 heavy (non-hydrogen) atoms. The maximum atomic E-state index is 13.1. The number of rotatable bonds is 9. The lowest BCUT2D eigenvalue weighted by molar-refractivity contribution is -0.130. The zero-order valence-corrected chi connectivity index (χ0v) is 19.4. The van der Waals surface area contributed by atoms with Crippen LogP contribution in [0.25, 0.3) is 10.8 Å². The van der Waals surface area contributed by atoms with E-state index in [1.54, 1.807) is 13.1 Å². The predicted octanol–water partition coefficient (Wildman–Crippen LogP) is 0.967. The van der Waals surface area contributed by atoms with E-state index < -0.39 is 15.4 Å². The molecule has 1 aliphatic rings. The average Bonchev–Trinajstić information content (AvgIpc) is 3.24. The third kappa shape index (κ3) is 5.29. The van der Waals surface area contributed by atoms with E-state index in [0.29, 0.717) is 41.7 Å². The normalized spacial score (nSPS) is 15.6. The number of carbonyl (C=O) groups is 1. The molecule has 1 aliphatic carbocycles. The SMILES string of the molecule is CNCCNC(=O)C1(CNS(=O)(=O)c2ccc3c(Cl)cnc(N=C(N)N)c3c2)CCCC1. The molecule has 1 aromatic carbocycles. The van der Waals surface area contributed by atoms with Gasteiger partial charge in [0.2, 0.25) is 15.9 Å². The number of aliphatic imine (C=N–C) groups is 1. The third-order valence-corrected chi connectivity index (χ3v) is 7.34. The second-order valence-electron chi connectivity index (χ2n) is 7.85. The topological polar surface area (TPSA) is 165 Å². The number of likely N-dealkylation sites (N-methyl/N-ethyl adjacent to an activating group) is 1. The first-order valence-electron chi connectivity index (χ1n) is 10.3. The highest BCUT2D eigenvalue weighted by atomic mass is 35.5. The molecule has 12 heteroatoms. The molecule has 1 fully saturated rings. The highest BCUT2D eigenvalue weighted by Crippen LogP contribution is 2.38. The van der Waals surface area contributed by atoms with Crippen molar-refractivity contribution in [1.29, 1.82) is 0 Å². The molecule has 10 nitrogen and oxygen atoms in total. The lowest BCUT2D eigenvalue weighted by atomic mass is 9.85. The number of nitrogens with two attached hydrogens (primary N) is 2. The first-order valence-corrected chi connectivity index (χ1v) is 12.2. The Balaban J connectivity index is 1.87. The first kappa shape index (κ1) is 24.2. The number of aromatic nitrogens is 1. The molecule has 1 aromatic heterocycles. The van der Waals surface area contributed by atoms with Crippen molar-refractivity contribution in [1.82, 2.24) is 20.3 Å². The van der Waals surface area contributed by atoms with Crippen molar-refractivity contribution in [3.63, 3.8) is 0 Å². The van der Waals surface area contributed by atoms with Gasteiger partial charge in [0.1, 0.15) is 0 Å². The van der Waals surface area contributed by atoms with Crippen LogP contribution in [0.3, 0.4) is 0 Å². The molecule has 1 saturated carbocycles. The van der Waals surface area contributed by atoms with Crippen LogP contribution in [0, 0.1) is 5.41 Å². The summed E-state index contributed by atoms with van der Waals surface area (Å²) in [6.45, 7) is 1.14. The van der Waals surface area contributed by atoms with Crippen molar-refractivity contribution >= 4 is 50.1 Å². The zero-order valence-electron chi connectivity index (χ0n) is 17.8. The second kappa shape index (κ2) is 9.99. The van der Waals surface area contributed by atoms with Crippen molar-refractivity contribution in [3.8, 4) is 0 Å². The van der Waals surface area contributed by atoms with Crippen LogP contribution in [0.15, 0.2) is 34.3 Å². The lowest BCUT2D eigenvalue weighted by Crippen LogP contribution is -2.48. The summed E-state index contributed by atoms with van der Waals surface area (Å²) >= 11 is 6.20. The van der Waals surface area contributed by atoms with Crippen LogP contribution >= 0.6 is 11.6 Å². The van der Waals surface area contributed by atoms with Gasteiger partial charge in [-0.3, -0.25) is 4.79 Å². The number of fused-ring (bicyclic) bond motifs is 1. The fraction of sp³-hybridized carbons (Fsp3) is 0.450. The van der Waals surface area contributed by atoms with E-state index in [1.165, 1.54) is 18.3 Å². The molecule has 0 spiro atoms. The summed E-state index contributed by atoms with van der Waals surface area (Å²) in [5, 5.41) is 7.18. The Morgan fingerprint density at radius 2 is 1.94 bits per heavy atom. The van der Waals surface area contributed by atoms with Gasteiger partial charge in [0.15, 0.2) is 11.8 Å². The van der Waals surface area contributed by atoms with E-state index in [9.17, 15) is 13.2 Å². The van der Waals surface area contributed by atoms with E-state index in [4.69, 9.17) is 23.1 Å². The van der Waals surface area contributed by atoms with Gasteiger partial charge in [-0.1, -0.05) is 30.5 Å². The summed E-state index contributed by atoms with van der Waals surface area (Å²) in [7, 11) is -2.12. The molecule has 0 aliphatic heterocycles. The van der Waals surface area contributed by atoms with Crippen LogP contribution in [0.1, 0.15) is 25.7 Å². The molecule has 0 saturated heterocycles. The quantitative estimate of drug-likeness (QED) is 0.202. The van der Waals surface area contributed by atoms with E-state index in [-0.39, 0.29) is 29.1 Å². The van der Waals surface area contributed by atoms with E-state index >= 15 is 0 Å². The number of nitrogens with zero attached hydrogens (tertiary/aromatic N) is 2. The Morgan fingerprint density at radius 3 is 2.59 bits per heavy atom. The second-order valence-corrected chi connectivity index (χ2v) is 10.0. The lowest BCUT2D eigenvalue weighted by Gasteiger charge is -2.28. The minimum Gasteiger partial charge on any atom is -0.370 e. The van der Waals surface area contributed by atoms with Gasteiger partial charge in [-0.2, -0.15) is 4.99 Å². The number of carbonyl (C=O) groups excluding carboxylic acids is 1. The molecule has 0 bridgehead atoms. The molecular weight excluding hydrogens is 454 g/mol. The van der Waals surface area contributed by atoms with Crippen LogP contribution < -0.4 is 26.8 Å². The summed E-state index contributed by atoms with van der Waals surface area (Å²) in [4.78, 5) is 20.9. The molecule has 0 unspecified atom stereocenters. The summed E-state index contributed by atoms with van der Waals surface area (Å²) in [6, 6.07) is 4.45. The van der Waals surface area contributed by atoms with Crippen molar-refractivity contribution in [3.05, 3.63) is 29.4 Å². The van der Waals surface area contributed by atoms with E-state index in [1.807, 2.05) is 0 Å². The summed E-state index contributed by atoms with van der Waals surface area (Å²) in [6.07, 6.45) is 4.42. The fourth-order valence-corrected chi connectivity index (χ4v) is 5.26. The van der Waals surface area contributed by atoms with Gasteiger partial charge >= 0.3 is 0 Å². The Morgan fingerprint density at radius 1 is 1.22 bits per heavy atom. The molecule has 2 aromatic rings. The van der Waals surface area contributed by atoms with Gasteiger partial charge in [-0.15, -0.1) is 0 Å². The number of amides is 1. The van der Waals surface area contributed by atoms with Gasteiger partial charge in [-0.25, -0.2) is 18.1 Å². The largest absolute Gasteiger partial charge is 0.370 e. The van der Waals surface area contributed by atoms with E-state index in [2.05, 4.69) is 25.3 Å². The Hall–Kier alpha value is -2.47. The zero-order chi connectivity index (χ0) is 23.4. The summed E-state index contributed by atoms with van der Waals surface area (Å²) in [5.41, 5.74) is 10.2. The van der Waals surface area contributed by atoms with Gasteiger partial charge in [0.05, 0.1) is 15.3 Å². The number of benzene rings is 1. The molecule has 7 N–H and O–H groups in total. The Kier molecular flexibility index (Phi) is 7.55. The van der Waals surface area contributed by atoms with E-state index in [0.717, 1.165) is 12.8 Å². The van der Waals surface area contributed by atoms with Crippen molar-refractivity contribution in [2.75, 3.05) is 26.7 Å². The minimum atomic E-state index is -3.92. The molecule has 1 heterocycles. The number of hydrogen-bond donors (Lipinski definition) is 5. The molecule has 0 radical (unpaired) electrons. The van der Waals surface area contributed by atoms with Crippen molar-refractivity contribution in [2.45, 2.75) is 30.6 Å². The highest BCUT2D eigenvalue weighted by molar-refractivity contribution is 7.89. The standard InChI is InChI=1S/C20H28ClN7O3S/c1-24-8-9-25-18(29)20(6-2-3-7-20)12-27-32(30,31)13-4-5-14-15(10-13)17(28-19(22)23)26-11-16(14)21/h4-5,10-11,24,27H,2-3,6-9,12H2,1H3,(H,25,29)(H4,22,23,26,28). The maximum absolute atomic E-state index is 13.1. The summed E-state index contributed by atoms with van der Waals surface area (Å²) < 4.78 is 28.8. The molecule has 3 rings (SSSR count). The fourth-order valence-electron chi connectivity index (χ4n) is 3.89. The van der Waals surface area contributed by atoms with Crippen LogP contribution in [0.5, 0.6) is 0 Å². The summed E-state index contributed by atoms with van der Waals surface area (Å²) in [5.74, 6) is -0.171. The number of sulfonamides is 1. The third-order valence-electron chi connectivity index (χ3n) is 5.64. The molecule has 1 amide bonds. The highest BCUT2D eigenvalue weighted by Gasteiger charge is 2.41. The van der Waals surface area contributed by atoms with Crippen LogP contribution in [-0.2, 0) is 14.8 Å². The van der Waals surface area contributed by atoms with Gasteiger partial charge in [0.25, 0.3) is 0 Å². The Bertz CT molecular complexity index is 1130. The molecule has 0 atom stereocenters. The monoisotopic (exact) mass is 481 g/mol. The first-order chi connectivity index (χ1) is 15.2. The average molecular weight is 482 g/mol. The van der Waals surface area contributed by atoms with Crippen LogP contribution in [0.2, 0.25) is 5.02 Å². The van der Waals surface area contributed by atoms with Crippen LogP contribution in [-0.4, -0.2) is 52.0 Å². The minimum absolute atomic E-state index is 0.00449. The predicted molar refractivity (Wildman–Crippen MR) is 125 cm³/mol. The van der Waals surface area contributed by atoms with Crippen LogP contribution in [0.4, 0.5) is 5.82 Å². The maximum Gasteiger partial charge on any atom is 0.240 e. The smallest absolute Gasteiger partial charge is 0.240 e. The van der Waals surface area contributed by atoms with Crippen molar-refractivity contribution in [2.24, 2.45) is 21.9 Å². The van der Waals surface area contributed by atoms with Gasteiger partial charge in [0, 0.05) is 36.6 Å². The number of nitrogens with one attached hydrogen (secondary N) is 3. The molecule has 174 valence electrons. The number of guanidine groups is 1. The van der Waals surface area contributed by atoms with Gasteiger partial charge in [-0.05, 0) is 32.0 Å². The van der Waals surface area contributed by atoms with Gasteiger partial charge < -0.3 is 22.1 Å². The Labute approximate surface area is 192 Å². The van der Waals surface area contributed by atoms with Crippen molar-refractivity contribution < 1.29 is 13.2 Å². The molecular formula is C20H28ClN7O3S. The number of halogens is 1.